The topological polar surface area (TPSA) is 3.24 Å². The summed E-state index contributed by atoms with van der Waals surface area (Å²) in [5.74, 6) is 0. The van der Waals surface area contributed by atoms with E-state index in [1.54, 1.807) is 15.0 Å². The fraction of sp³-hybridized carbons (Fsp3) is 0.667. The van der Waals surface area contributed by atoms with E-state index in [2.05, 4.69) is 52.1 Å². The normalized spacial score (nSPS) is 18.2. The van der Waals surface area contributed by atoms with Crippen molar-refractivity contribution in [1.29, 1.82) is 0 Å². The maximum absolute atomic E-state index is 2.38. The smallest absolute Gasteiger partial charge is 1.00 e. The molecule has 0 aliphatic heterocycles. The van der Waals surface area contributed by atoms with Gasteiger partial charge in [-0.3, -0.25) is 0 Å². The van der Waals surface area contributed by atoms with Crippen molar-refractivity contribution in [2.45, 2.75) is 34.6 Å². The van der Waals surface area contributed by atoms with Gasteiger partial charge in [-0.1, -0.05) is 0 Å². The molecule has 0 fully saturated rings. The van der Waals surface area contributed by atoms with Gasteiger partial charge < -0.3 is 24.8 Å². The maximum atomic E-state index is 2.38. The number of rotatable bonds is 2. The summed E-state index contributed by atoms with van der Waals surface area (Å²) in [6.07, 6.45) is 0. The summed E-state index contributed by atoms with van der Waals surface area (Å²) in [6.45, 7) is 11.6. The molecule has 0 heterocycles. The van der Waals surface area contributed by atoms with E-state index >= 15 is 0 Å². The van der Waals surface area contributed by atoms with E-state index in [1.165, 1.54) is 5.57 Å². The molecule has 16 heavy (non-hydrogen) atoms. The van der Waals surface area contributed by atoms with Gasteiger partial charge in [0, 0.05) is 0 Å². The van der Waals surface area contributed by atoms with Crippen LogP contribution >= 0.6 is 0 Å². The molecule has 1 nitrogen and oxygen atoms in total. The largest absolute Gasteiger partial charge is 1.00 e. The van der Waals surface area contributed by atoms with Crippen molar-refractivity contribution in [1.82, 2.24) is 3.38 Å². The Balaban J connectivity index is 0. The molecule has 0 aromatic heterocycles. The molecule has 1 aliphatic carbocycles. The number of hydrogen-bond acceptors (Lipinski definition) is 1. The van der Waals surface area contributed by atoms with E-state index in [4.69, 9.17) is 0 Å². The monoisotopic (exact) mass is 297 g/mol. The first-order valence-electron chi connectivity index (χ1n) is 5.12. The average Bonchev–Trinajstić information content (AvgIpc) is 2.20. The van der Waals surface area contributed by atoms with Crippen LogP contribution in [0.2, 0.25) is 0 Å². The Kier molecular flexibility index (Phi) is 7.88. The quantitative estimate of drug-likeness (QED) is 0.498. The molecular weight excluding hydrogens is 277 g/mol. The molecule has 0 N–H and O–H groups in total. The minimum absolute atomic E-state index is 0. The van der Waals surface area contributed by atoms with Crippen molar-refractivity contribution in [2.24, 2.45) is 5.41 Å². The summed E-state index contributed by atoms with van der Waals surface area (Å²) in [5.41, 5.74) is 4.96. The molecule has 0 spiro atoms. The van der Waals surface area contributed by atoms with Gasteiger partial charge in [-0.25, -0.2) is 0 Å². The Hall–Kier alpha value is 0.734. The third-order valence-electron chi connectivity index (χ3n) is 3.40. The van der Waals surface area contributed by atoms with E-state index in [0.717, 1.165) is 0 Å². The number of hydrogen-bond donors (Lipinski definition) is 0. The molecule has 0 bridgehead atoms. The molecule has 92 valence electrons. The Morgan fingerprint density at radius 1 is 0.938 bits per heavy atom. The minimum Gasteiger partial charge on any atom is -1.00 e. The molecule has 0 saturated carbocycles. The van der Waals surface area contributed by atoms with Crippen LogP contribution in [-0.2, 0) is 19.4 Å². The van der Waals surface area contributed by atoms with E-state index in [1.807, 2.05) is 0 Å². The van der Waals surface area contributed by atoms with Gasteiger partial charge in [-0.2, -0.15) is 0 Å². The fourth-order valence-corrected chi connectivity index (χ4v) is 4.02. The molecule has 0 saturated heterocycles. The standard InChI is InChI=1S/C10H15.C2H6N.2ClH.Ti/c1-7-6-10(4,5)9(3)8(7)2;1-3-2;;;/h1-5H3;1-2H3;2*1H;/q;-1;;;+3/p-2. The van der Waals surface area contributed by atoms with Gasteiger partial charge in [0.1, 0.15) is 0 Å². The van der Waals surface area contributed by atoms with Gasteiger partial charge in [0.2, 0.25) is 0 Å². The summed E-state index contributed by atoms with van der Waals surface area (Å²) in [5, 5.41) is 0. The third kappa shape index (κ3) is 3.37. The van der Waals surface area contributed by atoms with Crippen LogP contribution in [0.25, 0.3) is 0 Å². The van der Waals surface area contributed by atoms with E-state index in [-0.39, 0.29) is 44.2 Å². The van der Waals surface area contributed by atoms with Crippen molar-refractivity contribution < 1.29 is 44.2 Å². The predicted molar refractivity (Wildman–Crippen MR) is 58.5 cm³/mol. The van der Waals surface area contributed by atoms with E-state index < -0.39 is 0 Å². The van der Waals surface area contributed by atoms with Gasteiger partial charge in [0.05, 0.1) is 0 Å². The Morgan fingerprint density at radius 2 is 1.38 bits per heavy atom. The first kappa shape index (κ1) is 19.1. The van der Waals surface area contributed by atoms with Gasteiger partial charge >= 0.3 is 97.5 Å². The van der Waals surface area contributed by atoms with Crippen molar-refractivity contribution >= 4 is 0 Å². The number of halogens is 2. The van der Waals surface area contributed by atoms with Crippen LogP contribution in [0.3, 0.4) is 0 Å². The molecule has 0 radical (unpaired) electrons. The SMILES string of the molecule is CC1=C(C)C(C)(C)[C]([Ti+2][N](C)C)=C1C.[Cl-].[Cl-]. The Bertz CT molecular complexity index is 317. The van der Waals surface area contributed by atoms with Crippen LogP contribution in [-0.4, -0.2) is 17.5 Å². The molecule has 0 unspecified atom stereocenters. The summed E-state index contributed by atoms with van der Waals surface area (Å²) < 4.78 is 4.09. The zero-order chi connectivity index (χ0) is 11.1. The predicted octanol–water partition coefficient (Wildman–Crippen LogP) is -2.80. The molecular formula is C12H21Cl2NTi. The van der Waals surface area contributed by atoms with Crippen LogP contribution in [0.15, 0.2) is 20.6 Å². The average molecular weight is 298 g/mol. The Morgan fingerprint density at radius 3 is 1.62 bits per heavy atom. The van der Waals surface area contributed by atoms with Crippen molar-refractivity contribution in [3.63, 3.8) is 0 Å². The minimum atomic E-state index is -0.0916. The molecule has 1 rings (SSSR count). The third-order valence-corrected chi connectivity index (χ3v) is 6.01. The fourth-order valence-electron chi connectivity index (χ4n) is 2.04. The zero-order valence-electron chi connectivity index (χ0n) is 11.2. The second-order valence-electron chi connectivity index (χ2n) is 4.88. The van der Waals surface area contributed by atoms with E-state index in [0.29, 0.717) is 5.41 Å². The van der Waals surface area contributed by atoms with Gasteiger partial charge in [-0.05, 0) is 0 Å². The second kappa shape index (κ2) is 6.61. The zero-order valence-corrected chi connectivity index (χ0v) is 14.3. The van der Waals surface area contributed by atoms with Crippen LogP contribution in [0.4, 0.5) is 0 Å². The van der Waals surface area contributed by atoms with Gasteiger partial charge in [0.15, 0.2) is 0 Å². The van der Waals surface area contributed by atoms with Gasteiger partial charge in [0.25, 0.3) is 0 Å². The molecule has 0 aromatic carbocycles. The van der Waals surface area contributed by atoms with Crippen LogP contribution in [0, 0.1) is 5.41 Å². The van der Waals surface area contributed by atoms with Crippen LogP contribution in [0.1, 0.15) is 34.6 Å². The number of nitrogens with zero attached hydrogens (tertiary/aromatic N) is 1. The summed E-state index contributed by atoms with van der Waals surface area (Å²) in [7, 11) is 4.39. The molecule has 0 atom stereocenters. The van der Waals surface area contributed by atoms with Crippen molar-refractivity contribution in [3.8, 4) is 0 Å². The first-order valence-corrected chi connectivity index (χ1v) is 6.60. The maximum Gasteiger partial charge on any atom is -1.00 e. The van der Waals surface area contributed by atoms with E-state index in [9.17, 15) is 0 Å². The molecule has 1 aliphatic rings. The van der Waals surface area contributed by atoms with Crippen molar-refractivity contribution in [2.75, 3.05) is 14.1 Å². The summed E-state index contributed by atoms with van der Waals surface area (Å²) in [4.78, 5) is 0. The summed E-state index contributed by atoms with van der Waals surface area (Å²) in [6, 6.07) is 0. The molecule has 0 aromatic rings. The second-order valence-corrected chi connectivity index (χ2v) is 7.41. The van der Waals surface area contributed by atoms with Crippen LogP contribution < -0.4 is 24.8 Å². The number of allylic oxidation sites excluding steroid dienone is 4. The Labute approximate surface area is 122 Å². The van der Waals surface area contributed by atoms with Crippen LogP contribution in [0.5, 0.6) is 0 Å². The molecule has 0 amide bonds. The summed E-state index contributed by atoms with van der Waals surface area (Å²) >= 11 is -0.0916. The first-order chi connectivity index (χ1) is 6.28. The van der Waals surface area contributed by atoms with Gasteiger partial charge in [-0.15, -0.1) is 0 Å². The molecule has 4 heteroatoms. The van der Waals surface area contributed by atoms with Crippen molar-refractivity contribution in [3.05, 3.63) is 20.6 Å².